The van der Waals surface area contributed by atoms with Crippen LogP contribution in [-0.4, -0.2) is 51.5 Å². The molecule has 1 aromatic rings. The summed E-state index contributed by atoms with van der Waals surface area (Å²) in [7, 11) is 2.01. The summed E-state index contributed by atoms with van der Waals surface area (Å²) in [6, 6.07) is 4.14. The minimum Gasteiger partial charge on any atom is -0.465 e. The summed E-state index contributed by atoms with van der Waals surface area (Å²) in [4.78, 5) is 15.4. The number of likely N-dealkylation sites (tertiary alicyclic amines) is 1. The highest BCUT2D eigenvalue weighted by molar-refractivity contribution is 14.1. The van der Waals surface area contributed by atoms with Gasteiger partial charge in [0.1, 0.15) is 3.70 Å². The van der Waals surface area contributed by atoms with Crippen LogP contribution in [0.3, 0.4) is 0 Å². The molecule has 1 saturated heterocycles. The van der Waals surface area contributed by atoms with E-state index in [-0.39, 0.29) is 11.5 Å². The molecule has 0 radical (unpaired) electrons. The van der Waals surface area contributed by atoms with Gasteiger partial charge in [-0.3, -0.25) is 0 Å². The second-order valence-corrected chi connectivity index (χ2v) is 8.54. The number of halogens is 1. The standard InChI is InChI=1S/C16H25IN4O2/c1-15(2,3)16(4)10-11(8-9-21(16)14(22)23)20(5)13-7-6-12(17)18-19-13/h6-7,11H,8-10H2,1-5H3,(H,22,23). The third-order valence-electron chi connectivity index (χ3n) is 5.29. The number of piperidine rings is 1. The van der Waals surface area contributed by atoms with Crippen LogP contribution in [0.4, 0.5) is 10.6 Å². The topological polar surface area (TPSA) is 69.6 Å². The number of nitrogens with zero attached hydrogens (tertiary/aromatic N) is 4. The lowest BCUT2D eigenvalue weighted by Gasteiger charge is -2.54. The molecule has 2 atom stereocenters. The van der Waals surface area contributed by atoms with E-state index in [4.69, 9.17) is 0 Å². The van der Waals surface area contributed by atoms with Crippen LogP contribution in [0.15, 0.2) is 12.1 Å². The van der Waals surface area contributed by atoms with Gasteiger partial charge in [-0.15, -0.1) is 10.2 Å². The molecule has 0 aromatic carbocycles. The molecule has 1 N–H and O–H groups in total. The fourth-order valence-corrected chi connectivity index (χ4v) is 3.52. The fourth-order valence-electron chi connectivity index (χ4n) is 3.23. The first-order valence-electron chi connectivity index (χ1n) is 7.79. The summed E-state index contributed by atoms with van der Waals surface area (Å²) in [6.07, 6.45) is 0.729. The monoisotopic (exact) mass is 432 g/mol. The minimum atomic E-state index is -0.836. The average molecular weight is 432 g/mol. The van der Waals surface area contributed by atoms with E-state index in [0.29, 0.717) is 6.54 Å². The van der Waals surface area contributed by atoms with Crippen LogP contribution in [0, 0.1) is 9.12 Å². The van der Waals surface area contributed by atoms with E-state index in [9.17, 15) is 9.90 Å². The first kappa shape index (κ1) is 18.2. The number of hydrogen-bond acceptors (Lipinski definition) is 4. The highest BCUT2D eigenvalue weighted by Crippen LogP contribution is 2.43. The molecule has 0 spiro atoms. The van der Waals surface area contributed by atoms with Gasteiger partial charge in [-0.05, 0) is 59.9 Å². The van der Waals surface area contributed by atoms with Crippen molar-refractivity contribution in [2.24, 2.45) is 5.41 Å². The maximum Gasteiger partial charge on any atom is 0.407 e. The van der Waals surface area contributed by atoms with Gasteiger partial charge in [0, 0.05) is 19.6 Å². The van der Waals surface area contributed by atoms with Crippen molar-refractivity contribution < 1.29 is 9.90 Å². The van der Waals surface area contributed by atoms with E-state index in [1.165, 1.54) is 0 Å². The normalized spacial score (nSPS) is 25.3. The molecule has 0 bridgehead atoms. The average Bonchev–Trinajstić information content (AvgIpc) is 2.45. The maximum absolute atomic E-state index is 11.7. The number of carboxylic acid groups (broad SMARTS) is 1. The molecular weight excluding hydrogens is 407 g/mol. The van der Waals surface area contributed by atoms with Crippen molar-refractivity contribution in [3.8, 4) is 0 Å². The third kappa shape index (κ3) is 3.54. The van der Waals surface area contributed by atoms with Gasteiger partial charge in [0.25, 0.3) is 0 Å². The molecule has 2 heterocycles. The molecule has 23 heavy (non-hydrogen) atoms. The van der Waals surface area contributed by atoms with Gasteiger partial charge in [0.05, 0.1) is 5.54 Å². The summed E-state index contributed by atoms with van der Waals surface area (Å²) in [5.41, 5.74) is -0.574. The van der Waals surface area contributed by atoms with E-state index in [0.717, 1.165) is 22.4 Å². The van der Waals surface area contributed by atoms with Gasteiger partial charge in [0.2, 0.25) is 0 Å². The molecule has 1 aromatic heterocycles. The second-order valence-electron chi connectivity index (χ2n) is 7.43. The molecule has 2 rings (SSSR count). The Labute approximate surface area is 151 Å². The number of aromatic nitrogens is 2. The molecular formula is C16H25IN4O2. The Kier molecular flexibility index (Phi) is 5.08. The maximum atomic E-state index is 11.7. The number of rotatable bonds is 2. The van der Waals surface area contributed by atoms with Gasteiger partial charge < -0.3 is 14.9 Å². The van der Waals surface area contributed by atoms with Crippen molar-refractivity contribution in [2.45, 2.75) is 52.1 Å². The van der Waals surface area contributed by atoms with Crippen LogP contribution in [-0.2, 0) is 0 Å². The van der Waals surface area contributed by atoms with Gasteiger partial charge in [-0.1, -0.05) is 20.8 Å². The van der Waals surface area contributed by atoms with Crippen molar-refractivity contribution >= 4 is 34.5 Å². The molecule has 6 nitrogen and oxygen atoms in total. The third-order valence-corrected chi connectivity index (χ3v) is 5.86. The molecule has 128 valence electrons. The van der Waals surface area contributed by atoms with Crippen molar-refractivity contribution in [1.29, 1.82) is 0 Å². The lowest BCUT2D eigenvalue weighted by atomic mass is 9.68. The fraction of sp³-hybridized carbons (Fsp3) is 0.688. The van der Waals surface area contributed by atoms with Crippen molar-refractivity contribution in [3.63, 3.8) is 0 Å². The second kappa shape index (κ2) is 6.41. The Hall–Kier alpha value is -1.12. The zero-order chi connectivity index (χ0) is 17.4. The Morgan fingerprint density at radius 3 is 2.57 bits per heavy atom. The summed E-state index contributed by atoms with van der Waals surface area (Å²) < 4.78 is 0.861. The van der Waals surface area contributed by atoms with Gasteiger partial charge in [0.15, 0.2) is 5.82 Å². The number of hydrogen-bond donors (Lipinski definition) is 1. The van der Waals surface area contributed by atoms with Crippen molar-refractivity contribution in [3.05, 3.63) is 15.8 Å². The molecule has 1 fully saturated rings. The minimum absolute atomic E-state index is 0.150. The highest BCUT2D eigenvalue weighted by atomic mass is 127. The predicted molar refractivity (Wildman–Crippen MR) is 98.8 cm³/mol. The van der Waals surface area contributed by atoms with Gasteiger partial charge in [-0.25, -0.2) is 4.79 Å². The summed E-state index contributed by atoms with van der Waals surface area (Å²) in [6.45, 7) is 8.92. The van der Waals surface area contributed by atoms with E-state index in [2.05, 4.69) is 65.4 Å². The predicted octanol–water partition coefficient (Wildman–Crippen LogP) is 3.46. The summed E-state index contributed by atoms with van der Waals surface area (Å²) >= 11 is 2.14. The van der Waals surface area contributed by atoms with Gasteiger partial charge >= 0.3 is 6.09 Å². The SMILES string of the molecule is CN(c1ccc(I)nn1)C1CCN(C(=O)O)C(C)(C(C)(C)C)C1. The lowest BCUT2D eigenvalue weighted by molar-refractivity contribution is -0.0179. The highest BCUT2D eigenvalue weighted by Gasteiger charge is 2.49. The summed E-state index contributed by atoms with van der Waals surface area (Å²) in [5.74, 6) is 0.829. The van der Waals surface area contributed by atoms with Crippen LogP contribution < -0.4 is 4.90 Å². The smallest absolute Gasteiger partial charge is 0.407 e. The van der Waals surface area contributed by atoms with Crippen LogP contribution in [0.1, 0.15) is 40.5 Å². The number of anilines is 1. The Morgan fingerprint density at radius 1 is 1.43 bits per heavy atom. The molecule has 1 aliphatic heterocycles. The molecule has 1 aliphatic rings. The molecule has 0 aliphatic carbocycles. The first-order valence-corrected chi connectivity index (χ1v) is 8.87. The molecule has 1 amide bonds. The van der Waals surface area contributed by atoms with E-state index >= 15 is 0 Å². The summed E-state index contributed by atoms with van der Waals surface area (Å²) in [5, 5.41) is 18.0. The first-order chi connectivity index (χ1) is 10.6. The Balaban J connectivity index is 2.26. The van der Waals surface area contributed by atoms with Crippen LogP contribution in [0.2, 0.25) is 0 Å². The van der Waals surface area contributed by atoms with E-state index in [1.54, 1.807) is 4.90 Å². The van der Waals surface area contributed by atoms with E-state index < -0.39 is 11.6 Å². The van der Waals surface area contributed by atoms with Crippen molar-refractivity contribution in [1.82, 2.24) is 15.1 Å². The zero-order valence-electron chi connectivity index (χ0n) is 14.4. The molecule has 0 saturated carbocycles. The molecule has 2 unspecified atom stereocenters. The molecule has 7 heteroatoms. The zero-order valence-corrected chi connectivity index (χ0v) is 16.5. The van der Waals surface area contributed by atoms with Crippen LogP contribution >= 0.6 is 22.6 Å². The quantitative estimate of drug-likeness (QED) is 0.725. The van der Waals surface area contributed by atoms with Gasteiger partial charge in [-0.2, -0.15) is 0 Å². The number of amides is 1. The largest absolute Gasteiger partial charge is 0.465 e. The Morgan fingerprint density at radius 2 is 2.09 bits per heavy atom. The lowest BCUT2D eigenvalue weighted by Crippen LogP contribution is -2.63. The van der Waals surface area contributed by atoms with E-state index in [1.807, 2.05) is 19.2 Å². The van der Waals surface area contributed by atoms with Crippen molar-refractivity contribution in [2.75, 3.05) is 18.5 Å². The van der Waals surface area contributed by atoms with Crippen LogP contribution in [0.25, 0.3) is 0 Å². The van der Waals surface area contributed by atoms with Crippen LogP contribution in [0.5, 0.6) is 0 Å². The number of carbonyl (C=O) groups is 1. The Bertz CT molecular complexity index is 572.